The smallest absolute Gasteiger partial charge is 0.240 e. The molecule has 2 aromatic rings. The Labute approximate surface area is 187 Å². The molecule has 0 spiro atoms. The van der Waals surface area contributed by atoms with Gasteiger partial charge in [-0.3, -0.25) is 9.78 Å². The second kappa shape index (κ2) is 8.37. The Bertz CT molecular complexity index is 1250. The highest BCUT2D eigenvalue weighted by atomic mass is 32.2. The fraction of sp³-hybridized carbons (Fsp3) is 0.360. The minimum atomic E-state index is -3.77. The SMILES string of the molecule is O=C(Cc1cc(C2=CCC(NS(=O)(=O)c3cccc(F)c3)CC2)c2c(n1)CC=C2)C1CC1. The number of nitrogens with one attached hydrogen (secondary N) is 1. The van der Waals surface area contributed by atoms with Gasteiger partial charge in [-0.15, -0.1) is 0 Å². The predicted molar refractivity (Wildman–Crippen MR) is 121 cm³/mol. The number of Topliss-reactive ketones (excluding diaryl/α,β-unsaturated/α-hetero) is 1. The molecule has 1 atom stereocenters. The average molecular weight is 453 g/mol. The van der Waals surface area contributed by atoms with Crippen molar-refractivity contribution in [1.29, 1.82) is 0 Å². The molecule has 0 bridgehead atoms. The van der Waals surface area contributed by atoms with Crippen molar-refractivity contribution in [3.63, 3.8) is 0 Å². The fourth-order valence-electron chi connectivity index (χ4n) is 4.49. The van der Waals surface area contributed by atoms with Gasteiger partial charge >= 0.3 is 0 Å². The number of allylic oxidation sites excluding steroid dienone is 2. The van der Waals surface area contributed by atoms with E-state index >= 15 is 0 Å². The van der Waals surface area contributed by atoms with Gasteiger partial charge in [-0.1, -0.05) is 24.3 Å². The van der Waals surface area contributed by atoms with Gasteiger partial charge in [0.25, 0.3) is 0 Å². The van der Waals surface area contributed by atoms with E-state index < -0.39 is 15.8 Å². The van der Waals surface area contributed by atoms with Crippen molar-refractivity contribution in [3.8, 4) is 0 Å². The molecule has 1 aromatic carbocycles. The van der Waals surface area contributed by atoms with Crippen molar-refractivity contribution >= 4 is 27.5 Å². The third-order valence-electron chi connectivity index (χ3n) is 6.36. The van der Waals surface area contributed by atoms with Crippen LogP contribution in [0.1, 0.15) is 54.6 Å². The van der Waals surface area contributed by atoms with Crippen LogP contribution in [-0.4, -0.2) is 25.2 Å². The van der Waals surface area contributed by atoms with Crippen molar-refractivity contribution in [2.45, 2.75) is 55.9 Å². The Balaban J connectivity index is 1.34. The average Bonchev–Trinajstić information content (AvgIpc) is 3.52. The molecule has 1 fully saturated rings. The van der Waals surface area contributed by atoms with Crippen LogP contribution in [0.5, 0.6) is 0 Å². The molecule has 1 aromatic heterocycles. The number of hydrogen-bond donors (Lipinski definition) is 1. The summed E-state index contributed by atoms with van der Waals surface area (Å²) in [6.07, 6.45) is 11.3. The number of benzene rings is 1. The summed E-state index contributed by atoms with van der Waals surface area (Å²) in [6, 6.07) is 6.84. The first kappa shape index (κ1) is 21.2. The summed E-state index contributed by atoms with van der Waals surface area (Å²) < 4.78 is 41.4. The molecule has 0 amide bonds. The molecule has 1 saturated carbocycles. The molecule has 3 aliphatic carbocycles. The van der Waals surface area contributed by atoms with E-state index in [0.29, 0.717) is 19.3 Å². The summed E-state index contributed by atoms with van der Waals surface area (Å²) in [5.74, 6) is -0.0829. The van der Waals surface area contributed by atoms with E-state index in [1.807, 2.05) is 6.07 Å². The third-order valence-corrected chi connectivity index (χ3v) is 7.88. The van der Waals surface area contributed by atoms with Crippen molar-refractivity contribution in [2.75, 3.05) is 0 Å². The molecule has 5 nitrogen and oxygen atoms in total. The lowest BCUT2D eigenvalue weighted by atomic mass is 9.88. The maximum absolute atomic E-state index is 13.4. The molecule has 3 aliphatic rings. The number of aromatic nitrogens is 1. The summed E-state index contributed by atoms with van der Waals surface area (Å²) in [6.45, 7) is 0. The van der Waals surface area contributed by atoms with Gasteiger partial charge in [0.1, 0.15) is 11.6 Å². The number of fused-ring (bicyclic) bond motifs is 1. The number of carbonyl (C=O) groups excluding carboxylic acids is 1. The van der Waals surface area contributed by atoms with Crippen molar-refractivity contribution < 1.29 is 17.6 Å². The van der Waals surface area contributed by atoms with Crippen molar-refractivity contribution in [3.05, 3.63) is 70.8 Å². The van der Waals surface area contributed by atoms with Gasteiger partial charge in [0.15, 0.2) is 0 Å². The Morgan fingerprint density at radius 2 is 2.03 bits per heavy atom. The van der Waals surface area contributed by atoms with Crippen LogP contribution in [0, 0.1) is 11.7 Å². The van der Waals surface area contributed by atoms with Gasteiger partial charge < -0.3 is 0 Å². The second-order valence-corrected chi connectivity index (χ2v) is 10.5. The second-order valence-electron chi connectivity index (χ2n) is 8.82. The molecule has 7 heteroatoms. The normalized spacial score (nSPS) is 20.2. The molecule has 1 heterocycles. The van der Waals surface area contributed by atoms with Crippen molar-refractivity contribution in [2.24, 2.45) is 5.92 Å². The fourth-order valence-corrected chi connectivity index (χ4v) is 5.80. The summed E-state index contributed by atoms with van der Waals surface area (Å²) in [4.78, 5) is 17.0. The number of sulfonamides is 1. The van der Waals surface area contributed by atoms with Gasteiger partial charge in [-0.2, -0.15) is 0 Å². The van der Waals surface area contributed by atoms with E-state index in [1.54, 1.807) is 0 Å². The maximum atomic E-state index is 13.4. The lowest BCUT2D eigenvalue weighted by Crippen LogP contribution is -2.35. The van der Waals surface area contributed by atoms with Crippen LogP contribution < -0.4 is 4.72 Å². The minimum Gasteiger partial charge on any atom is -0.299 e. The number of rotatable bonds is 7. The van der Waals surface area contributed by atoms with Crippen LogP contribution in [0.2, 0.25) is 0 Å². The van der Waals surface area contributed by atoms with Gasteiger partial charge in [0.05, 0.1) is 10.6 Å². The number of halogens is 1. The first-order valence-electron chi connectivity index (χ1n) is 11.1. The molecule has 166 valence electrons. The number of ketones is 1. The molecule has 0 saturated heterocycles. The lowest BCUT2D eigenvalue weighted by molar-refractivity contribution is -0.119. The first-order chi connectivity index (χ1) is 15.4. The van der Waals surface area contributed by atoms with Crippen LogP contribution >= 0.6 is 0 Å². The molecule has 5 rings (SSSR count). The van der Waals surface area contributed by atoms with Crippen molar-refractivity contribution in [1.82, 2.24) is 9.71 Å². The number of carbonyl (C=O) groups is 1. The maximum Gasteiger partial charge on any atom is 0.240 e. The van der Waals surface area contributed by atoms with Gasteiger partial charge in [-0.25, -0.2) is 17.5 Å². The van der Waals surface area contributed by atoms with Crippen LogP contribution in [0.4, 0.5) is 4.39 Å². The highest BCUT2D eigenvalue weighted by molar-refractivity contribution is 7.89. The Hall–Kier alpha value is -2.64. The third kappa shape index (κ3) is 4.45. The summed E-state index contributed by atoms with van der Waals surface area (Å²) >= 11 is 0. The van der Waals surface area contributed by atoms with E-state index in [-0.39, 0.29) is 22.6 Å². The van der Waals surface area contributed by atoms with Crippen LogP contribution in [0.3, 0.4) is 0 Å². The zero-order valence-corrected chi connectivity index (χ0v) is 18.5. The minimum absolute atomic E-state index is 0.0608. The molecule has 1 N–H and O–H groups in total. The van der Waals surface area contributed by atoms with Gasteiger partial charge in [0, 0.05) is 36.1 Å². The van der Waals surface area contributed by atoms with Gasteiger partial charge in [0.2, 0.25) is 10.0 Å². The van der Waals surface area contributed by atoms with E-state index in [4.69, 9.17) is 4.98 Å². The molecular weight excluding hydrogens is 427 g/mol. The van der Waals surface area contributed by atoms with Crippen LogP contribution in [0.15, 0.2) is 47.4 Å². The number of hydrogen-bond acceptors (Lipinski definition) is 4. The number of pyridine rings is 1. The largest absolute Gasteiger partial charge is 0.299 e. The Morgan fingerprint density at radius 3 is 2.75 bits per heavy atom. The van der Waals surface area contributed by atoms with E-state index in [0.717, 1.165) is 59.8 Å². The Kier molecular flexibility index (Phi) is 5.55. The lowest BCUT2D eigenvalue weighted by Gasteiger charge is -2.24. The van der Waals surface area contributed by atoms with E-state index in [2.05, 4.69) is 23.0 Å². The highest BCUT2D eigenvalue weighted by Crippen LogP contribution is 2.35. The Morgan fingerprint density at radius 1 is 1.19 bits per heavy atom. The predicted octanol–water partition coefficient (Wildman–Crippen LogP) is 4.23. The summed E-state index contributed by atoms with van der Waals surface area (Å²) in [7, 11) is -3.77. The zero-order valence-electron chi connectivity index (χ0n) is 17.7. The summed E-state index contributed by atoms with van der Waals surface area (Å²) in [5, 5.41) is 0. The van der Waals surface area contributed by atoms with E-state index in [1.165, 1.54) is 18.2 Å². The topological polar surface area (TPSA) is 76.1 Å². The van der Waals surface area contributed by atoms with Crippen LogP contribution in [-0.2, 0) is 27.7 Å². The standard InChI is InChI=1S/C25H25FN2O3S/c26-18-3-1-4-21(13-18)32(30,31)28-19-11-9-16(10-12-19)23-14-20(15-25(29)17-7-8-17)27-24-6-2-5-22(23)24/h1-5,9,13-14,17,19,28H,6-8,10-12,15H2. The molecular formula is C25H25FN2O3S. The zero-order chi connectivity index (χ0) is 22.3. The molecule has 1 unspecified atom stereocenters. The monoisotopic (exact) mass is 452 g/mol. The molecule has 32 heavy (non-hydrogen) atoms. The molecule has 0 radical (unpaired) electrons. The first-order valence-corrected chi connectivity index (χ1v) is 12.6. The molecule has 0 aliphatic heterocycles. The van der Waals surface area contributed by atoms with E-state index in [9.17, 15) is 17.6 Å². The van der Waals surface area contributed by atoms with Crippen LogP contribution in [0.25, 0.3) is 11.6 Å². The quantitative estimate of drug-likeness (QED) is 0.682. The number of nitrogens with zero attached hydrogens (tertiary/aromatic N) is 1. The summed E-state index contributed by atoms with van der Waals surface area (Å²) in [5.41, 5.74) is 5.22. The van der Waals surface area contributed by atoms with Gasteiger partial charge in [-0.05, 0) is 67.5 Å². The highest BCUT2D eigenvalue weighted by Gasteiger charge is 2.30.